The van der Waals surface area contributed by atoms with Crippen LogP contribution in [0.2, 0.25) is 5.02 Å². The Balaban J connectivity index is 2.23. The Morgan fingerprint density at radius 2 is 2.00 bits per heavy atom. The van der Waals surface area contributed by atoms with Gasteiger partial charge in [0.1, 0.15) is 5.75 Å². The highest BCUT2D eigenvalue weighted by Gasteiger charge is 2.15. The average Bonchev–Trinajstić information content (AvgIpc) is 2.37. The number of nitrogens with two attached hydrogens (primary N) is 1. The molecular weight excluding hydrogens is 312 g/mol. The van der Waals surface area contributed by atoms with Crippen LogP contribution in [0, 0.1) is 0 Å². The molecule has 0 radical (unpaired) electrons. The SMILES string of the molecule is COc1ccc(Cl)cc1NS(=O)(=O)Cc1cccc(N)c1. The van der Waals surface area contributed by atoms with E-state index in [2.05, 4.69) is 4.72 Å². The molecule has 0 saturated carbocycles. The van der Waals surface area contributed by atoms with Gasteiger partial charge in [-0.25, -0.2) is 8.42 Å². The Hall–Kier alpha value is -1.92. The number of rotatable bonds is 5. The topological polar surface area (TPSA) is 81.4 Å². The largest absolute Gasteiger partial charge is 0.495 e. The predicted octanol–water partition coefficient (Wildman–Crippen LogP) is 2.87. The summed E-state index contributed by atoms with van der Waals surface area (Å²) < 4.78 is 32.0. The van der Waals surface area contributed by atoms with Crippen molar-refractivity contribution in [1.29, 1.82) is 0 Å². The van der Waals surface area contributed by atoms with Gasteiger partial charge in [0.05, 0.1) is 18.6 Å². The first kappa shape index (κ1) is 15.5. The number of anilines is 2. The minimum atomic E-state index is -3.60. The molecule has 2 aromatic carbocycles. The van der Waals surface area contributed by atoms with Crippen molar-refractivity contribution in [3.63, 3.8) is 0 Å². The van der Waals surface area contributed by atoms with Crippen LogP contribution in [-0.4, -0.2) is 15.5 Å². The fourth-order valence-electron chi connectivity index (χ4n) is 1.87. The maximum atomic E-state index is 12.2. The van der Waals surface area contributed by atoms with E-state index in [1.54, 1.807) is 36.4 Å². The van der Waals surface area contributed by atoms with E-state index in [9.17, 15) is 8.42 Å². The Labute approximate surface area is 128 Å². The van der Waals surface area contributed by atoms with Crippen molar-refractivity contribution in [3.05, 3.63) is 53.1 Å². The zero-order valence-electron chi connectivity index (χ0n) is 11.3. The van der Waals surface area contributed by atoms with Crippen molar-refractivity contribution < 1.29 is 13.2 Å². The van der Waals surface area contributed by atoms with Gasteiger partial charge in [-0.2, -0.15) is 0 Å². The maximum absolute atomic E-state index is 12.2. The van der Waals surface area contributed by atoms with Gasteiger partial charge >= 0.3 is 0 Å². The van der Waals surface area contributed by atoms with Crippen LogP contribution in [0.4, 0.5) is 11.4 Å². The molecule has 0 aromatic heterocycles. The van der Waals surface area contributed by atoms with Crippen molar-refractivity contribution in [3.8, 4) is 5.75 Å². The highest BCUT2D eigenvalue weighted by Crippen LogP contribution is 2.29. The Morgan fingerprint density at radius 1 is 1.24 bits per heavy atom. The van der Waals surface area contributed by atoms with Crippen LogP contribution in [-0.2, 0) is 15.8 Å². The van der Waals surface area contributed by atoms with E-state index < -0.39 is 10.0 Å². The molecule has 2 rings (SSSR count). The first-order chi connectivity index (χ1) is 9.89. The second-order valence-corrected chi connectivity index (χ2v) is 6.61. The third kappa shape index (κ3) is 4.27. The van der Waals surface area contributed by atoms with Crippen molar-refractivity contribution in [2.75, 3.05) is 17.6 Å². The highest BCUT2D eigenvalue weighted by atomic mass is 35.5. The molecular formula is C14H15ClN2O3S. The first-order valence-corrected chi connectivity index (χ1v) is 8.11. The molecule has 0 atom stereocenters. The van der Waals surface area contributed by atoms with Gasteiger partial charge in [0, 0.05) is 10.7 Å². The monoisotopic (exact) mass is 326 g/mol. The molecule has 7 heteroatoms. The lowest BCUT2D eigenvalue weighted by atomic mass is 10.2. The lowest BCUT2D eigenvalue weighted by Gasteiger charge is -2.12. The van der Waals surface area contributed by atoms with E-state index >= 15 is 0 Å². The number of ether oxygens (including phenoxy) is 1. The number of nitrogens with one attached hydrogen (secondary N) is 1. The normalized spacial score (nSPS) is 11.1. The van der Waals surface area contributed by atoms with Gasteiger partial charge in [-0.15, -0.1) is 0 Å². The summed E-state index contributed by atoms with van der Waals surface area (Å²) in [5, 5.41) is 0.414. The summed E-state index contributed by atoms with van der Waals surface area (Å²) in [6.07, 6.45) is 0. The van der Waals surface area contributed by atoms with E-state index in [0.717, 1.165) is 0 Å². The number of hydrogen-bond acceptors (Lipinski definition) is 4. The van der Waals surface area contributed by atoms with Crippen molar-refractivity contribution in [1.82, 2.24) is 0 Å². The van der Waals surface area contributed by atoms with E-state index in [1.165, 1.54) is 13.2 Å². The molecule has 0 fully saturated rings. The molecule has 21 heavy (non-hydrogen) atoms. The second kappa shape index (κ2) is 6.24. The van der Waals surface area contributed by atoms with Crippen LogP contribution < -0.4 is 15.2 Å². The molecule has 0 bridgehead atoms. The first-order valence-electron chi connectivity index (χ1n) is 6.08. The summed E-state index contributed by atoms with van der Waals surface area (Å²) in [6.45, 7) is 0. The van der Waals surface area contributed by atoms with E-state index in [4.69, 9.17) is 22.1 Å². The van der Waals surface area contributed by atoms with Crippen LogP contribution in [0.3, 0.4) is 0 Å². The quantitative estimate of drug-likeness (QED) is 0.828. The van der Waals surface area contributed by atoms with Gasteiger partial charge in [-0.3, -0.25) is 4.72 Å². The molecule has 0 aliphatic carbocycles. The summed E-state index contributed by atoms with van der Waals surface area (Å²) in [6, 6.07) is 11.4. The Bertz CT molecular complexity index is 748. The van der Waals surface area contributed by atoms with Gasteiger partial charge in [-0.05, 0) is 35.9 Å². The molecule has 2 aromatic rings. The lowest BCUT2D eigenvalue weighted by molar-refractivity contribution is 0.417. The average molecular weight is 327 g/mol. The fraction of sp³-hybridized carbons (Fsp3) is 0.143. The zero-order valence-corrected chi connectivity index (χ0v) is 12.9. The van der Waals surface area contributed by atoms with Crippen LogP contribution in [0.25, 0.3) is 0 Å². The van der Waals surface area contributed by atoms with E-state index in [1.807, 2.05) is 0 Å². The molecule has 112 valence electrons. The number of sulfonamides is 1. The zero-order chi connectivity index (χ0) is 15.5. The van der Waals surface area contributed by atoms with Crippen molar-refractivity contribution >= 4 is 33.0 Å². The summed E-state index contributed by atoms with van der Waals surface area (Å²) in [7, 11) is -2.14. The minimum Gasteiger partial charge on any atom is -0.495 e. The molecule has 0 saturated heterocycles. The van der Waals surface area contributed by atoms with Crippen molar-refractivity contribution in [2.24, 2.45) is 0 Å². The maximum Gasteiger partial charge on any atom is 0.237 e. The van der Waals surface area contributed by atoms with Crippen molar-refractivity contribution in [2.45, 2.75) is 5.75 Å². The Kier molecular flexibility index (Phi) is 4.59. The predicted molar refractivity (Wildman–Crippen MR) is 85.1 cm³/mol. The summed E-state index contributed by atoms with van der Waals surface area (Å²) in [4.78, 5) is 0. The van der Waals surface area contributed by atoms with Gasteiger partial charge in [0.15, 0.2) is 0 Å². The Morgan fingerprint density at radius 3 is 2.67 bits per heavy atom. The third-order valence-corrected chi connectivity index (χ3v) is 4.21. The van der Waals surface area contributed by atoms with Gasteiger partial charge < -0.3 is 10.5 Å². The molecule has 0 unspecified atom stereocenters. The summed E-state index contributed by atoms with van der Waals surface area (Å²) in [5.74, 6) is 0.212. The number of benzene rings is 2. The molecule has 0 aliphatic heterocycles. The summed E-state index contributed by atoms with van der Waals surface area (Å²) in [5.41, 5.74) is 7.06. The molecule has 0 spiro atoms. The van der Waals surface area contributed by atoms with Gasteiger partial charge in [0.2, 0.25) is 10.0 Å². The van der Waals surface area contributed by atoms with Crippen LogP contribution in [0.5, 0.6) is 5.75 Å². The molecule has 0 aliphatic rings. The second-order valence-electron chi connectivity index (χ2n) is 4.45. The van der Waals surface area contributed by atoms with Gasteiger partial charge in [-0.1, -0.05) is 23.7 Å². The van der Waals surface area contributed by atoms with E-state index in [0.29, 0.717) is 27.7 Å². The molecule has 5 nitrogen and oxygen atoms in total. The van der Waals surface area contributed by atoms with Crippen LogP contribution >= 0.6 is 11.6 Å². The fourth-order valence-corrected chi connectivity index (χ4v) is 3.22. The highest BCUT2D eigenvalue weighted by molar-refractivity contribution is 7.91. The smallest absolute Gasteiger partial charge is 0.237 e. The van der Waals surface area contributed by atoms with E-state index in [-0.39, 0.29) is 5.75 Å². The minimum absolute atomic E-state index is 0.187. The number of halogens is 1. The molecule has 3 N–H and O–H groups in total. The number of nitrogen functional groups attached to an aromatic ring is 1. The van der Waals surface area contributed by atoms with Crippen LogP contribution in [0.15, 0.2) is 42.5 Å². The van der Waals surface area contributed by atoms with Crippen LogP contribution in [0.1, 0.15) is 5.56 Å². The van der Waals surface area contributed by atoms with Gasteiger partial charge in [0.25, 0.3) is 0 Å². The number of hydrogen-bond donors (Lipinski definition) is 2. The standard InChI is InChI=1S/C14H15ClN2O3S/c1-20-14-6-5-11(15)8-13(14)17-21(18,19)9-10-3-2-4-12(16)7-10/h2-8,17H,9,16H2,1H3. The molecule has 0 heterocycles. The summed E-state index contributed by atoms with van der Waals surface area (Å²) >= 11 is 5.88. The third-order valence-electron chi connectivity index (χ3n) is 2.73. The number of methoxy groups -OCH3 is 1. The molecule has 0 amide bonds. The lowest BCUT2D eigenvalue weighted by Crippen LogP contribution is -2.15.